The van der Waals surface area contributed by atoms with Crippen molar-refractivity contribution in [3.05, 3.63) is 47.2 Å². The number of pyridine rings is 1. The topological polar surface area (TPSA) is 39.2 Å². The third kappa shape index (κ3) is 3.48. The highest BCUT2D eigenvalue weighted by Crippen LogP contribution is 2.28. The molecule has 1 aromatic carbocycles. The van der Waals surface area contributed by atoms with Crippen molar-refractivity contribution in [2.75, 3.05) is 0 Å². The van der Waals surface area contributed by atoms with Gasteiger partial charge < -0.3 is 4.74 Å². The molecule has 0 spiro atoms. The maximum atomic E-state index is 12.1. The summed E-state index contributed by atoms with van der Waals surface area (Å²) < 4.78 is 40.3. The highest BCUT2D eigenvalue weighted by molar-refractivity contribution is 6.31. The van der Waals surface area contributed by atoms with Crippen LogP contribution in [0.2, 0.25) is 5.15 Å². The van der Waals surface area contributed by atoms with E-state index in [-0.39, 0.29) is 16.5 Å². The number of ether oxygens (including phenoxy) is 1. The van der Waals surface area contributed by atoms with Crippen molar-refractivity contribution >= 4 is 17.9 Å². The molecule has 0 saturated heterocycles. The van der Waals surface area contributed by atoms with Gasteiger partial charge in [-0.15, -0.1) is 13.2 Å². The van der Waals surface area contributed by atoms with Crippen molar-refractivity contribution < 1.29 is 22.7 Å². The van der Waals surface area contributed by atoms with Crippen molar-refractivity contribution in [3.63, 3.8) is 0 Å². The zero-order chi connectivity index (χ0) is 14.8. The second-order valence-electron chi connectivity index (χ2n) is 3.80. The van der Waals surface area contributed by atoms with Gasteiger partial charge in [-0.3, -0.25) is 4.79 Å². The van der Waals surface area contributed by atoms with Gasteiger partial charge in [0.1, 0.15) is 10.9 Å². The molecule has 0 fully saturated rings. The number of alkyl halides is 3. The summed E-state index contributed by atoms with van der Waals surface area (Å²) in [5, 5.41) is 0.0337. The largest absolute Gasteiger partial charge is 0.573 e. The Labute approximate surface area is 117 Å². The molecule has 0 aliphatic heterocycles. The lowest BCUT2D eigenvalue weighted by Gasteiger charge is -2.10. The first-order chi connectivity index (χ1) is 9.39. The van der Waals surface area contributed by atoms with Crippen molar-refractivity contribution in [1.29, 1.82) is 0 Å². The molecule has 0 N–H and O–H groups in total. The lowest BCUT2D eigenvalue weighted by atomic mass is 10.1. The van der Waals surface area contributed by atoms with Crippen LogP contribution in [0.15, 0.2) is 36.5 Å². The van der Waals surface area contributed by atoms with E-state index in [0.717, 1.165) is 0 Å². The van der Waals surface area contributed by atoms with Gasteiger partial charge in [-0.05, 0) is 23.8 Å². The normalized spacial score (nSPS) is 11.2. The number of halogens is 4. The van der Waals surface area contributed by atoms with Crippen molar-refractivity contribution in [3.8, 4) is 16.9 Å². The van der Waals surface area contributed by atoms with Gasteiger partial charge in [0, 0.05) is 11.8 Å². The molecule has 104 valence electrons. The van der Waals surface area contributed by atoms with Gasteiger partial charge in [-0.2, -0.15) is 0 Å². The highest BCUT2D eigenvalue weighted by Gasteiger charge is 2.31. The monoisotopic (exact) mass is 301 g/mol. The van der Waals surface area contributed by atoms with E-state index >= 15 is 0 Å². The molecule has 1 aromatic heterocycles. The zero-order valence-corrected chi connectivity index (χ0v) is 10.6. The van der Waals surface area contributed by atoms with Crippen LogP contribution >= 0.6 is 11.6 Å². The Morgan fingerprint density at radius 3 is 2.60 bits per heavy atom. The third-order valence-corrected chi connectivity index (χ3v) is 2.71. The average Bonchev–Trinajstić information content (AvgIpc) is 2.37. The molecule has 3 nitrogen and oxygen atoms in total. The third-order valence-electron chi connectivity index (χ3n) is 2.39. The van der Waals surface area contributed by atoms with Crippen LogP contribution in [0.3, 0.4) is 0 Å². The second kappa shape index (κ2) is 5.50. The number of aromatic nitrogens is 1. The molecule has 0 radical (unpaired) electrons. The Balaban J connectivity index is 2.38. The fourth-order valence-corrected chi connectivity index (χ4v) is 1.73. The molecule has 0 bridgehead atoms. The summed E-state index contributed by atoms with van der Waals surface area (Å²) in [5.74, 6) is -0.349. The first-order valence-corrected chi connectivity index (χ1v) is 5.74. The van der Waals surface area contributed by atoms with E-state index < -0.39 is 6.36 Å². The van der Waals surface area contributed by atoms with Gasteiger partial charge in [-0.1, -0.05) is 23.7 Å². The van der Waals surface area contributed by atoms with E-state index in [1.807, 2.05) is 0 Å². The van der Waals surface area contributed by atoms with E-state index in [1.165, 1.54) is 30.5 Å². The number of nitrogens with zero attached hydrogens (tertiary/aromatic N) is 1. The maximum Gasteiger partial charge on any atom is 0.573 e. The molecule has 7 heteroatoms. The van der Waals surface area contributed by atoms with Gasteiger partial charge in [0.2, 0.25) is 0 Å². The number of carbonyl (C=O) groups is 1. The van der Waals surface area contributed by atoms with Crippen LogP contribution in [0.1, 0.15) is 10.4 Å². The Morgan fingerprint density at radius 1 is 1.20 bits per heavy atom. The molecule has 0 aliphatic carbocycles. The summed E-state index contributed by atoms with van der Waals surface area (Å²) in [6.07, 6.45) is -2.87. The number of rotatable bonds is 3. The fourth-order valence-electron chi connectivity index (χ4n) is 1.58. The predicted molar refractivity (Wildman–Crippen MR) is 66.8 cm³/mol. The van der Waals surface area contributed by atoms with Crippen molar-refractivity contribution in [2.24, 2.45) is 0 Å². The van der Waals surface area contributed by atoms with Gasteiger partial charge >= 0.3 is 6.36 Å². The summed E-state index contributed by atoms with van der Waals surface area (Å²) in [6, 6.07) is 6.80. The SMILES string of the molecule is O=Cc1cc(-c2cccc(OC(F)(F)F)c2)cnc1Cl. The number of hydrogen-bond donors (Lipinski definition) is 0. The number of carbonyl (C=O) groups excluding carboxylic acids is 1. The van der Waals surface area contributed by atoms with E-state index in [1.54, 1.807) is 6.07 Å². The lowest BCUT2D eigenvalue weighted by Crippen LogP contribution is -2.17. The van der Waals surface area contributed by atoms with Gasteiger partial charge in [0.15, 0.2) is 6.29 Å². The minimum absolute atomic E-state index is 0.0337. The zero-order valence-electron chi connectivity index (χ0n) is 9.82. The Hall–Kier alpha value is -2.08. The fraction of sp³-hybridized carbons (Fsp3) is 0.0769. The minimum Gasteiger partial charge on any atom is -0.406 e. The number of hydrogen-bond acceptors (Lipinski definition) is 3. The van der Waals surface area contributed by atoms with Crippen LogP contribution in [-0.2, 0) is 0 Å². The van der Waals surface area contributed by atoms with E-state index in [2.05, 4.69) is 9.72 Å². The van der Waals surface area contributed by atoms with Crippen LogP contribution in [0, 0.1) is 0 Å². The molecule has 0 unspecified atom stereocenters. The lowest BCUT2D eigenvalue weighted by molar-refractivity contribution is -0.274. The summed E-state index contributed by atoms with van der Waals surface area (Å²) in [5.41, 5.74) is 1.05. The van der Waals surface area contributed by atoms with Crippen LogP contribution in [0.25, 0.3) is 11.1 Å². The summed E-state index contributed by atoms with van der Waals surface area (Å²) in [6.45, 7) is 0. The quantitative estimate of drug-likeness (QED) is 0.632. The van der Waals surface area contributed by atoms with Crippen LogP contribution < -0.4 is 4.74 Å². The van der Waals surface area contributed by atoms with Crippen LogP contribution in [0.4, 0.5) is 13.2 Å². The molecular formula is C13H7ClF3NO2. The molecule has 0 aliphatic rings. The molecule has 0 saturated carbocycles. The molecule has 20 heavy (non-hydrogen) atoms. The minimum atomic E-state index is -4.76. The van der Waals surface area contributed by atoms with Gasteiger partial charge in [-0.25, -0.2) is 4.98 Å². The number of aldehydes is 1. The van der Waals surface area contributed by atoms with Crippen LogP contribution in [0.5, 0.6) is 5.75 Å². The number of benzene rings is 1. The average molecular weight is 302 g/mol. The summed E-state index contributed by atoms with van der Waals surface area (Å²) in [4.78, 5) is 14.6. The van der Waals surface area contributed by atoms with E-state index in [4.69, 9.17) is 11.6 Å². The maximum absolute atomic E-state index is 12.1. The Bertz CT molecular complexity index is 644. The molecule has 0 amide bonds. The van der Waals surface area contributed by atoms with Crippen LogP contribution in [-0.4, -0.2) is 17.6 Å². The summed E-state index contributed by atoms with van der Waals surface area (Å²) in [7, 11) is 0. The first kappa shape index (κ1) is 14.3. The Kier molecular flexibility index (Phi) is 3.94. The van der Waals surface area contributed by atoms with Crippen molar-refractivity contribution in [1.82, 2.24) is 4.98 Å². The predicted octanol–water partition coefficient (Wildman–Crippen LogP) is 4.11. The molecule has 0 atom stereocenters. The standard InChI is InChI=1S/C13H7ClF3NO2/c14-12-10(7-19)4-9(6-18-12)8-2-1-3-11(5-8)20-13(15,16)17/h1-7H. The van der Waals surface area contributed by atoms with Crippen molar-refractivity contribution in [2.45, 2.75) is 6.36 Å². The first-order valence-electron chi connectivity index (χ1n) is 5.36. The smallest absolute Gasteiger partial charge is 0.406 e. The van der Waals surface area contributed by atoms with Gasteiger partial charge in [0.05, 0.1) is 5.56 Å². The molecule has 2 rings (SSSR count). The second-order valence-corrected chi connectivity index (χ2v) is 4.16. The van der Waals surface area contributed by atoms with E-state index in [0.29, 0.717) is 17.4 Å². The molecule has 2 aromatic rings. The molecule has 1 heterocycles. The summed E-state index contributed by atoms with van der Waals surface area (Å²) >= 11 is 5.69. The van der Waals surface area contributed by atoms with E-state index in [9.17, 15) is 18.0 Å². The highest BCUT2D eigenvalue weighted by atomic mass is 35.5. The Morgan fingerprint density at radius 2 is 1.95 bits per heavy atom. The molecular weight excluding hydrogens is 295 g/mol. The van der Waals surface area contributed by atoms with Gasteiger partial charge in [0.25, 0.3) is 0 Å².